The Morgan fingerprint density at radius 2 is 2.18 bits per heavy atom. The lowest BCUT2D eigenvalue weighted by atomic mass is 10.1. The minimum atomic E-state index is -0.164. The third-order valence-electron chi connectivity index (χ3n) is 2.83. The van der Waals surface area contributed by atoms with Crippen molar-refractivity contribution < 1.29 is 9.13 Å². The Hall–Kier alpha value is -0.450. The predicted molar refractivity (Wildman–Crippen MR) is 71.5 cm³/mol. The van der Waals surface area contributed by atoms with Gasteiger partial charge in [0, 0.05) is 29.7 Å². The lowest BCUT2D eigenvalue weighted by Gasteiger charge is -2.27. The zero-order chi connectivity index (χ0) is 12.8. The number of methoxy groups -OCH3 is 1. The van der Waals surface area contributed by atoms with E-state index in [-0.39, 0.29) is 11.9 Å². The Morgan fingerprint density at radius 1 is 1.47 bits per heavy atom. The van der Waals surface area contributed by atoms with Gasteiger partial charge in [0.05, 0.1) is 6.61 Å². The van der Waals surface area contributed by atoms with Crippen LogP contribution in [-0.2, 0) is 11.3 Å². The maximum absolute atomic E-state index is 13.7. The second-order valence-corrected chi connectivity index (χ2v) is 5.02. The maximum Gasteiger partial charge on any atom is 0.128 e. The van der Waals surface area contributed by atoms with Crippen molar-refractivity contribution in [2.45, 2.75) is 26.4 Å². The van der Waals surface area contributed by atoms with Crippen LogP contribution in [0.5, 0.6) is 0 Å². The Kier molecular flexibility index (Phi) is 6.09. The van der Waals surface area contributed by atoms with E-state index < -0.39 is 0 Å². The van der Waals surface area contributed by atoms with Crippen molar-refractivity contribution in [3.05, 3.63) is 34.1 Å². The number of benzene rings is 1. The van der Waals surface area contributed by atoms with Crippen LogP contribution in [0.25, 0.3) is 0 Å². The molecule has 0 saturated carbocycles. The van der Waals surface area contributed by atoms with Gasteiger partial charge in [0.1, 0.15) is 5.82 Å². The predicted octanol–water partition coefficient (Wildman–Crippen LogP) is 3.45. The quantitative estimate of drug-likeness (QED) is 0.798. The fourth-order valence-electron chi connectivity index (χ4n) is 1.79. The van der Waals surface area contributed by atoms with Crippen molar-refractivity contribution in [1.29, 1.82) is 0 Å². The summed E-state index contributed by atoms with van der Waals surface area (Å²) in [4.78, 5) is 2.19. The van der Waals surface area contributed by atoms with E-state index in [1.165, 1.54) is 6.07 Å². The first-order valence-corrected chi connectivity index (χ1v) is 6.54. The highest BCUT2D eigenvalue weighted by molar-refractivity contribution is 9.10. The smallest absolute Gasteiger partial charge is 0.128 e. The van der Waals surface area contributed by atoms with Gasteiger partial charge in [-0.25, -0.2) is 4.39 Å². The molecule has 2 nitrogen and oxygen atoms in total. The number of likely N-dealkylation sites (N-methyl/N-ethyl adjacent to an activating group) is 1. The molecule has 0 spiro atoms. The van der Waals surface area contributed by atoms with Gasteiger partial charge in [-0.3, -0.25) is 4.90 Å². The van der Waals surface area contributed by atoms with E-state index in [4.69, 9.17) is 4.74 Å². The number of ether oxygens (including phenoxy) is 1. The number of hydrogen-bond donors (Lipinski definition) is 0. The van der Waals surface area contributed by atoms with E-state index in [0.717, 1.165) is 16.6 Å². The normalized spacial score (nSPS) is 13.1. The molecule has 0 saturated heterocycles. The summed E-state index contributed by atoms with van der Waals surface area (Å²) in [5.74, 6) is -0.164. The minimum absolute atomic E-state index is 0.164. The van der Waals surface area contributed by atoms with E-state index in [2.05, 4.69) is 34.7 Å². The maximum atomic E-state index is 13.7. The summed E-state index contributed by atoms with van der Waals surface area (Å²) in [6, 6.07) is 5.48. The number of nitrogens with zero attached hydrogens (tertiary/aromatic N) is 1. The van der Waals surface area contributed by atoms with Crippen LogP contribution >= 0.6 is 15.9 Å². The van der Waals surface area contributed by atoms with E-state index in [0.29, 0.717) is 13.2 Å². The molecule has 0 aliphatic carbocycles. The van der Waals surface area contributed by atoms with Crippen molar-refractivity contribution in [2.75, 3.05) is 20.3 Å². The van der Waals surface area contributed by atoms with Gasteiger partial charge in [-0.05, 0) is 25.6 Å². The molecule has 4 heteroatoms. The number of rotatable bonds is 6. The van der Waals surface area contributed by atoms with Crippen LogP contribution in [-0.4, -0.2) is 31.2 Å². The summed E-state index contributed by atoms with van der Waals surface area (Å²) in [5.41, 5.74) is 0.720. The number of halogens is 2. The van der Waals surface area contributed by atoms with Crippen molar-refractivity contribution >= 4 is 15.9 Å². The molecule has 0 aliphatic heterocycles. The standard InChI is InChI=1S/C13H19BrFNO/c1-4-16(10(2)9-17-3)8-11-5-6-12(14)7-13(11)15/h5-7,10H,4,8-9H2,1-3H3. The third-order valence-corrected chi connectivity index (χ3v) is 3.32. The van der Waals surface area contributed by atoms with Crippen LogP contribution in [0.3, 0.4) is 0 Å². The van der Waals surface area contributed by atoms with Gasteiger partial charge in [0.2, 0.25) is 0 Å². The van der Waals surface area contributed by atoms with Crippen molar-refractivity contribution in [3.63, 3.8) is 0 Å². The molecule has 0 aromatic heterocycles. The molecule has 0 bridgehead atoms. The first-order valence-electron chi connectivity index (χ1n) is 5.75. The van der Waals surface area contributed by atoms with E-state index in [9.17, 15) is 4.39 Å². The lowest BCUT2D eigenvalue weighted by Crippen LogP contribution is -2.35. The summed E-state index contributed by atoms with van der Waals surface area (Å²) in [6.45, 7) is 6.30. The molecule has 0 amide bonds. The van der Waals surface area contributed by atoms with Gasteiger partial charge < -0.3 is 4.74 Å². The third kappa shape index (κ3) is 4.37. The average Bonchev–Trinajstić information content (AvgIpc) is 2.28. The fraction of sp³-hybridized carbons (Fsp3) is 0.538. The topological polar surface area (TPSA) is 12.5 Å². The van der Waals surface area contributed by atoms with Crippen LogP contribution in [0.1, 0.15) is 19.4 Å². The van der Waals surface area contributed by atoms with Crippen LogP contribution in [0.15, 0.2) is 22.7 Å². The van der Waals surface area contributed by atoms with Crippen LogP contribution < -0.4 is 0 Å². The SMILES string of the molecule is CCN(Cc1ccc(Br)cc1F)C(C)COC. The van der Waals surface area contributed by atoms with Gasteiger partial charge in [0.15, 0.2) is 0 Å². The highest BCUT2D eigenvalue weighted by atomic mass is 79.9. The highest BCUT2D eigenvalue weighted by Crippen LogP contribution is 2.17. The average molecular weight is 304 g/mol. The molecule has 0 fully saturated rings. The van der Waals surface area contributed by atoms with Gasteiger partial charge in [0.25, 0.3) is 0 Å². The molecule has 0 heterocycles. The van der Waals surface area contributed by atoms with Gasteiger partial charge in [-0.2, -0.15) is 0 Å². The van der Waals surface area contributed by atoms with Crippen LogP contribution in [0, 0.1) is 5.82 Å². The van der Waals surface area contributed by atoms with E-state index in [1.807, 2.05) is 12.1 Å². The fourth-order valence-corrected chi connectivity index (χ4v) is 2.13. The Morgan fingerprint density at radius 3 is 2.71 bits per heavy atom. The molecule has 1 rings (SSSR count). The molecule has 1 aromatic carbocycles. The lowest BCUT2D eigenvalue weighted by molar-refractivity contribution is 0.0975. The molecule has 0 N–H and O–H groups in total. The molecule has 1 aromatic rings. The molecular weight excluding hydrogens is 285 g/mol. The zero-order valence-corrected chi connectivity index (χ0v) is 12.1. The van der Waals surface area contributed by atoms with Crippen LogP contribution in [0.4, 0.5) is 4.39 Å². The van der Waals surface area contributed by atoms with Gasteiger partial charge in [-0.1, -0.05) is 28.9 Å². The Balaban J connectivity index is 2.73. The molecule has 96 valence electrons. The summed E-state index contributed by atoms with van der Waals surface area (Å²) >= 11 is 3.26. The second kappa shape index (κ2) is 7.09. The Labute approximate surface area is 111 Å². The first-order chi connectivity index (χ1) is 8.08. The molecular formula is C13H19BrFNO. The summed E-state index contributed by atoms with van der Waals surface area (Å²) < 4.78 is 19.6. The largest absolute Gasteiger partial charge is 0.383 e. The van der Waals surface area contributed by atoms with E-state index >= 15 is 0 Å². The monoisotopic (exact) mass is 303 g/mol. The molecule has 0 radical (unpaired) electrons. The minimum Gasteiger partial charge on any atom is -0.383 e. The van der Waals surface area contributed by atoms with Crippen molar-refractivity contribution in [1.82, 2.24) is 4.90 Å². The van der Waals surface area contributed by atoms with Gasteiger partial charge >= 0.3 is 0 Å². The Bertz CT molecular complexity index is 359. The van der Waals surface area contributed by atoms with E-state index in [1.54, 1.807) is 7.11 Å². The summed E-state index contributed by atoms with van der Waals surface area (Å²) in [6.07, 6.45) is 0. The zero-order valence-electron chi connectivity index (χ0n) is 10.5. The molecule has 1 unspecified atom stereocenters. The molecule has 1 atom stereocenters. The number of hydrogen-bond acceptors (Lipinski definition) is 2. The van der Waals surface area contributed by atoms with Crippen molar-refractivity contribution in [3.8, 4) is 0 Å². The molecule has 0 aliphatic rings. The molecule has 17 heavy (non-hydrogen) atoms. The van der Waals surface area contributed by atoms with Gasteiger partial charge in [-0.15, -0.1) is 0 Å². The van der Waals surface area contributed by atoms with Crippen molar-refractivity contribution in [2.24, 2.45) is 0 Å². The highest BCUT2D eigenvalue weighted by Gasteiger charge is 2.14. The first kappa shape index (κ1) is 14.6. The summed E-state index contributed by atoms with van der Waals surface area (Å²) in [7, 11) is 1.69. The second-order valence-electron chi connectivity index (χ2n) is 4.10. The summed E-state index contributed by atoms with van der Waals surface area (Å²) in [5, 5.41) is 0. The van der Waals surface area contributed by atoms with Crippen LogP contribution in [0.2, 0.25) is 0 Å².